The van der Waals surface area contributed by atoms with E-state index < -0.39 is 8.56 Å². The summed E-state index contributed by atoms with van der Waals surface area (Å²) in [5.41, 5.74) is 5.58. The van der Waals surface area contributed by atoms with Crippen molar-refractivity contribution >= 4 is 8.56 Å². The zero-order chi connectivity index (χ0) is 18.0. The summed E-state index contributed by atoms with van der Waals surface area (Å²) in [6.45, 7) is 12.2. The first kappa shape index (κ1) is 23.0. The summed E-state index contributed by atoms with van der Waals surface area (Å²) in [4.78, 5) is 0. The molecule has 0 aromatic carbocycles. The maximum Gasteiger partial charge on any atom is 0.335 e. The minimum absolute atomic E-state index is 0.0846. The van der Waals surface area contributed by atoms with Gasteiger partial charge >= 0.3 is 8.56 Å². The van der Waals surface area contributed by atoms with Crippen molar-refractivity contribution in [1.82, 2.24) is 0 Å². The molecule has 0 aliphatic rings. The Morgan fingerprint density at radius 1 is 1.00 bits per heavy atom. The highest BCUT2D eigenvalue weighted by molar-refractivity contribution is 6.66. The SMILES string of the molecule is CCO[Si](C)(CCC(C)(C)CN)OC(C)(CCCO)CCCO. The van der Waals surface area contributed by atoms with Crippen LogP contribution in [0.5, 0.6) is 0 Å². The summed E-state index contributed by atoms with van der Waals surface area (Å²) in [6.07, 6.45) is 3.93. The van der Waals surface area contributed by atoms with Crippen LogP contribution < -0.4 is 5.73 Å². The zero-order valence-electron chi connectivity index (χ0n) is 15.9. The summed E-state index contributed by atoms with van der Waals surface area (Å²) < 4.78 is 12.6. The molecule has 0 saturated heterocycles. The van der Waals surface area contributed by atoms with E-state index >= 15 is 0 Å². The molecule has 1 atom stereocenters. The van der Waals surface area contributed by atoms with Crippen LogP contribution in [0.2, 0.25) is 12.6 Å². The number of aliphatic hydroxyl groups is 2. The number of rotatable bonds is 14. The smallest absolute Gasteiger partial charge is 0.335 e. The minimum atomic E-state index is -2.33. The molecule has 0 radical (unpaired) electrons. The molecule has 140 valence electrons. The van der Waals surface area contributed by atoms with Gasteiger partial charge in [0.05, 0.1) is 5.60 Å². The normalized spacial score (nSPS) is 15.7. The molecule has 0 aliphatic heterocycles. The van der Waals surface area contributed by atoms with Crippen LogP contribution in [0.4, 0.5) is 0 Å². The Balaban J connectivity index is 4.99. The first-order valence-corrected chi connectivity index (χ1v) is 11.4. The summed E-state index contributed by atoms with van der Waals surface area (Å²) in [6, 6.07) is 0.902. The first-order chi connectivity index (χ1) is 10.7. The maximum atomic E-state index is 9.16. The van der Waals surface area contributed by atoms with Crippen molar-refractivity contribution in [2.24, 2.45) is 11.1 Å². The molecule has 0 spiro atoms. The van der Waals surface area contributed by atoms with E-state index in [0.29, 0.717) is 26.0 Å². The van der Waals surface area contributed by atoms with Crippen LogP contribution in [0.15, 0.2) is 0 Å². The van der Waals surface area contributed by atoms with E-state index in [4.69, 9.17) is 24.8 Å². The van der Waals surface area contributed by atoms with Crippen molar-refractivity contribution in [3.63, 3.8) is 0 Å². The topological polar surface area (TPSA) is 84.9 Å². The van der Waals surface area contributed by atoms with Gasteiger partial charge in [0.15, 0.2) is 0 Å². The quantitative estimate of drug-likeness (QED) is 0.420. The van der Waals surface area contributed by atoms with Gasteiger partial charge in [0.25, 0.3) is 0 Å². The molecule has 0 rings (SSSR count). The fourth-order valence-corrected chi connectivity index (χ4v) is 6.07. The summed E-state index contributed by atoms with van der Waals surface area (Å²) in [7, 11) is -2.33. The van der Waals surface area contributed by atoms with E-state index in [0.717, 1.165) is 25.3 Å². The highest BCUT2D eigenvalue weighted by Crippen LogP contribution is 2.33. The van der Waals surface area contributed by atoms with Gasteiger partial charge in [0, 0.05) is 19.8 Å². The highest BCUT2D eigenvalue weighted by Gasteiger charge is 2.40. The van der Waals surface area contributed by atoms with Gasteiger partial charge in [-0.25, -0.2) is 0 Å². The molecule has 0 aromatic heterocycles. The lowest BCUT2D eigenvalue weighted by atomic mass is 9.91. The van der Waals surface area contributed by atoms with E-state index in [-0.39, 0.29) is 24.2 Å². The van der Waals surface area contributed by atoms with Crippen molar-refractivity contribution < 1.29 is 19.1 Å². The molecule has 0 fully saturated rings. The summed E-state index contributed by atoms with van der Waals surface area (Å²) in [5, 5.41) is 18.3. The molecule has 0 aromatic rings. The molecule has 6 heteroatoms. The van der Waals surface area contributed by atoms with Crippen LogP contribution in [0, 0.1) is 5.41 Å². The van der Waals surface area contributed by atoms with Crippen LogP contribution in [0.25, 0.3) is 0 Å². The van der Waals surface area contributed by atoms with E-state index in [9.17, 15) is 0 Å². The number of nitrogens with two attached hydrogens (primary N) is 1. The van der Waals surface area contributed by atoms with Gasteiger partial charge in [0.2, 0.25) is 0 Å². The molecule has 1 unspecified atom stereocenters. The van der Waals surface area contributed by atoms with Crippen molar-refractivity contribution in [3.05, 3.63) is 0 Å². The second-order valence-electron chi connectivity index (χ2n) is 7.64. The van der Waals surface area contributed by atoms with Crippen LogP contribution in [-0.4, -0.2) is 50.7 Å². The Labute approximate surface area is 143 Å². The number of hydrogen-bond donors (Lipinski definition) is 3. The van der Waals surface area contributed by atoms with Gasteiger partial charge in [0.1, 0.15) is 0 Å². The van der Waals surface area contributed by atoms with Crippen molar-refractivity contribution in [1.29, 1.82) is 0 Å². The zero-order valence-corrected chi connectivity index (χ0v) is 16.9. The van der Waals surface area contributed by atoms with Crippen LogP contribution in [-0.2, 0) is 8.85 Å². The van der Waals surface area contributed by atoms with Gasteiger partial charge in [-0.3, -0.25) is 0 Å². The maximum absolute atomic E-state index is 9.16. The van der Waals surface area contributed by atoms with Gasteiger partial charge in [-0.1, -0.05) is 13.8 Å². The second kappa shape index (κ2) is 10.8. The Hall–Kier alpha value is 0.0169. The minimum Gasteiger partial charge on any atom is -0.396 e. The molecule has 0 aliphatic carbocycles. The molecule has 0 heterocycles. The fourth-order valence-electron chi connectivity index (χ4n) is 2.78. The average Bonchev–Trinajstić information content (AvgIpc) is 2.50. The van der Waals surface area contributed by atoms with E-state index in [1.165, 1.54) is 0 Å². The Morgan fingerprint density at radius 2 is 1.52 bits per heavy atom. The third-order valence-electron chi connectivity index (χ3n) is 4.45. The predicted molar refractivity (Wildman–Crippen MR) is 97.6 cm³/mol. The van der Waals surface area contributed by atoms with Gasteiger partial charge in [-0.2, -0.15) is 0 Å². The number of aliphatic hydroxyl groups excluding tert-OH is 2. The predicted octanol–water partition coefficient (Wildman–Crippen LogP) is 2.79. The lowest BCUT2D eigenvalue weighted by Crippen LogP contribution is -2.48. The molecule has 5 nitrogen and oxygen atoms in total. The Morgan fingerprint density at radius 3 is 1.91 bits per heavy atom. The van der Waals surface area contributed by atoms with E-state index in [1.54, 1.807) is 0 Å². The highest BCUT2D eigenvalue weighted by atomic mass is 28.4. The second-order valence-corrected chi connectivity index (χ2v) is 10.9. The van der Waals surface area contributed by atoms with E-state index in [2.05, 4.69) is 27.3 Å². The summed E-state index contributed by atoms with van der Waals surface area (Å²) >= 11 is 0. The third kappa shape index (κ3) is 9.79. The number of hydrogen-bond acceptors (Lipinski definition) is 5. The van der Waals surface area contributed by atoms with Crippen molar-refractivity contribution in [2.75, 3.05) is 26.4 Å². The molecule has 0 amide bonds. The molecule has 23 heavy (non-hydrogen) atoms. The molecule has 0 bridgehead atoms. The monoisotopic (exact) mass is 349 g/mol. The Kier molecular flexibility index (Phi) is 10.8. The first-order valence-electron chi connectivity index (χ1n) is 8.92. The van der Waals surface area contributed by atoms with Gasteiger partial charge in [-0.05, 0) is 70.5 Å². The molecule has 0 saturated carbocycles. The lowest BCUT2D eigenvalue weighted by Gasteiger charge is -2.40. The molecular weight excluding hydrogens is 310 g/mol. The largest absolute Gasteiger partial charge is 0.396 e. The van der Waals surface area contributed by atoms with Crippen LogP contribution in [0.1, 0.15) is 59.8 Å². The third-order valence-corrected chi connectivity index (χ3v) is 7.43. The van der Waals surface area contributed by atoms with Gasteiger partial charge in [-0.15, -0.1) is 0 Å². The van der Waals surface area contributed by atoms with Crippen molar-refractivity contribution in [2.45, 2.75) is 78.0 Å². The van der Waals surface area contributed by atoms with E-state index in [1.807, 2.05) is 6.92 Å². The fraction of sp³-hybridized carbons (Fsp3) is 1.00. The van der Waals surface area contributed by atoms with Crippen LogP contribution >= 0.6 is 0 Å². The molecular formula is C17H39NO4Si. The standard InChI is InChI=1S/C17H39NO4Si/c1-6-21-23(5,14-11-16(2,3)15-18)22-17(4,9-7-12-19)10-8-13-20/h19-20H,6-15,18H2,1-5H3. The summed E-state index contributed by atoms with van der Waals surface area (Å²) in [5.74, 6) is 0. The van der Waals surface area contributed by atoms with Crippen LogP contribution in [0.3, 0.4) is 0 Å². The lowest BCUT2D eigenvalue weighted by molar-refractivity contribution is 0.0124. The van der Waals surface area contributed by atoms with Crippen molar-refractivity contribution in [3.8, 4) is 0 Å². The average molecular weight is 350 g/mol. The van der Waals surface area contributed by atoms with Gasteiger partial charge < -0.3 is 24.8 Å². The Bertz CT molecular complexity index is 307. The molecule has 4 N–H and O–H groups in total.